The summed E-state index contributed by atoms with van der Waals surface area (Å²) in [7, 11) is 0. The third-order valence-electron chi connectivity index (χ3n) is 3.00. The van der Waals surface area contributed by atoms with Gasteiger partial charge < -0.3 is 20.4 Å². The number of para-hydroxylation sites is 2. The fraction of sp³-hybridized carbons (Fsp3) is 0.429. The van der Waals surface area contributed by atoms with Crippen LogP contribution in [0.1, 0.15) is 12.7 Å². The van der Waals surface area contributed by atoms with Crippen LogP contribution in [0.15, 0.2) is 24.3 Å². The van der Waals surface area contributed by atoms with E-state index in [0.717, 1.165) is 23.4 Å². The molecule has 0 aliphatic carbocycles. The molecule has 20 heavy (non-hydrogen) atoms. The SMILES string of the molecule is CCn1c(CNCCOCC(N)=O)nc2ccccc21. The number of carbonyl (C=O) groups is 1. The number of amides is 1. The van der Waals surface area contributed by atoms with Crippen LogP contribution < -0.4 is 11.1 Å². The standard InChI is InChI=1S/C14H20N4O2/c1-2-18-12-6-4-3-5-11(12)17-14(18)9-16-7-8-20-10-13(15)19/h3-6,16H,2,7-10H2,1H3,(H2,15,19). The van der Waals surface area contributed by atoms with Crippen molar-refractivity contribution in [2.75, 3.05) is 19.8 Å². The Labute approximate surface area is 117 Å². The molecule has 1 aromatic heterocycles. The van der Waals surface area contributed by atoms with Crippen LogP contribution in [0.3, 0.4) is 0 Å². The highest BCUT2D eigenvalue weighted by atomic mass is 16.5. The zero-order valence-corrected chi connectivity index (χ0v) is 11.6. The van der Waals surface area contributed by atoms with Gasteiger partial charge in [0.2, 0.25) is 5.91 Å². The minimum Gasteiger partial charge on any atom is -0.370 e. The van der Waals surface area contributed by atoms with E-state index in [1.165, 1.54) is 0 Å². The highest BCUT2D eigenvalue weighted by molar-refractivity contribution is 5.76. The van der Waals surface area contributed by atoms with Gasteiger partial charge in [-0.2, -0.15) is 0 Å². The van der Waals surface area contributed by atoms with Crippen LogP contribution in [0.4, 0.5) is 0 Å². The Bertz CT molecular complexity index is 580. The molecule has 108 valence electrons. The maximum Gasteiger partial charge on any atom is 0.243 e. The molecule has 3 N–H and O–H groups in total. The Morgan fingerprint density at radius 1 is 1.45 bits per heavy atom. The molecule has 0 aliphatic heterocycles. The molecule has 0 bridgehead atoms. The fourth-order valence-electron chi connectivity index (χ4n) is 2.13. The number of ether oxygens (including phenoxy) is 1. The molecule has 2 aromatic rings. The Morgan fingerprint density at radius 3 is 3.00 bits per heavy atom. The van der Waals surface area contributed by atoms with Gasteiger partial charge in [-0.3, -0.25) is 4.79 Å². The lowest BCUT2D eigenvalue weighted by Gasteiger charge is -2.07. The predicted molar refractivity (Wildman–Crippen MR) is 77.1 cm³/mol. The molecular weight excluding hydrogens is 256 g/mol. The number of aromatic nitrogens is 2. The second-order valence-electron chi connectivity index (χ2n) is 4.46. The van der Waals surface area contributed by atoms with Crippen molar-refractivity contribution >= 4 is 16.9 Å². The number of rotatable bonds is 8. The van der Waals surface area contributed by atoms with Crippen LogP contribution in [0.5, 0.6) is 0 Å². The van der Waals surface area contributed by atoms with Crippen LogP contribution in [0, 0.1) is 0 Å². The monoisotopic (exact) mass is 276 g/mol. The Morgan fingerprint density at radius 2 is 2.25 bits per heavy atom. The van der Waals surface area contributed by atoms with Crippen LogP contribution >= 0.6 is 0 Å². The number of nitrogens with zero attached hydrogens (tertiary/aromatic N) is 2. The molecule has 1 amide bonds. The molecule has 0 aliphatic rings. The van der Waals surface area contributed by atoms with Gasteiger partial charge in [0, 0.05) is 13.1 Å². The Hall–Kier alpha value is -1.92. The first-order chi connectivity index (χ1) is 9.72. The smallest absolute Gasteiger partial charge is 0.243 e. The van der Waals surface area contributed by atoms with Gasteiger partial charge >= 0.3 is 0 Å². The summed E-state index contributed by atoms with van der Waals surface area (Å²) in [5, 5.41) is 3.25. The van der Waals surface area contributed by atoms with Crippen LogP contribution in [0.2, 0.25) is 0 Å². The van der Waals surface area contributed by atoms with Gasteiger partial charge in [0.1, 0.15) is 12.4 Å². The van der Waals surface area contributed by atoms with E-state index in [1.807, 2.05) is 18.2 Å². The first kappa shape index (κ1) is 14.5. The van der Waals surface area contributed by atoms with Crippen LogP contribution in [-0.4, -0.2) is 35.2 Å². The summed E-state index contributed by atoms with van der Waals surface area (Å²) in [6.07, 6.45) is 0. The molecule has 0 radical (unpaired) electrons. The van der Waals surface area contributed by atoms with Crippen molar-refractivity contribution in [3.8, 4) is 0 Å². The van der Waals surface area contributed by atoms with Crippen LogP contribution in [0.25, 0.3) is 11.0 Å². The van der Waals surface area contributed by atoms with E-state index in [4.69, 9.17) is 10.5 Å². The molecule has 0 saturated heterocycles. The van der Waals surface area contributed by atoms with Gasteiger partial charge in [0.15, 0.2) is 0 Å². The number of aryl methyl sites for hydroxylation is 1. The van der Waals surface area contributed by atoms with Crippen molar-refractivity contribution in [1.29, 1.82) is 0 Å². The summed E-state index contributed by atoms with van der Waals surface area (Å²) in [5.74, 6) is 0.557. The van der Waals surface area contributed by atoms with E-state index < -0.39 is 5.91 Å². The quantitative estimate of drug-likeness (QED) is 0.693. The minimum atomic E-state index is -0.447. The molecule has 0 unspecified atom stereocenters. The topological polar surface area (TPSA) is 82.2 Å². The molecule has 0 atom stereocenters. The van der Waals surface area contributed by atoms with Gasteiger partial charge in [-0.05, 0) is 19.1 Å². The third kappa shape index (κ3) is 3.55. The Kier molecular flexibility index (Phi) is 5.09. The molecule has 0 fully saturated rings. The average Bonchev–Trinajstić information content (AvgIpc) is 2.79. The maximum absolute atomic E-state index is 10.5. The molecular formula is C14H20N4O2. The van der Waals surface area contributed by atoms with Gasteiger partial charge in [-0.1, -0.05) is 12.1 Å². The molecule has 0 saturated carbocycles. The van der Waals surface area contributed by atoms with Crippen molar-refractivity contribution in [2.45, 2.75) is 20.0 Å². The number of nitrogens with one attached hydrogen (secondary N) is 1. The summed E-state index contributed by atoms with van der Waals surface area (Å²) in [6, 6.07) is 8.10. The summed E-state index contributed by atoms with van der Waals surface area (Å²) in [4.78, 5) is 15.1. The third-order valence-corrected chi connectivity index (χ3v) is 3.00. The van der Waals surface area contributed by atoms with Gasteiger partial charge in [-0.15, -0.1) is 0 Å². The van der Waals surface area contributed by atoms with Gasteiger partial charge in [-0.25, -0.2) is 4.98 Å². The zero-order valence-electron chi connectivity index (χ0n) is 11.6. The minimum absolute atomic E-state index is 0.0326. The van der Waals surface area contributed by atoms with E-state index in [2.05, 4.69) is 27.9 Å². The predicted octanol–water partition coefficient (Wildman–Crippen LogP) is 0.648. The summed E-state index contributed by atoms with van der Waals surface area (Å²) < 4.78 is 7.27. The fourth-order valence-corrected chi connectivity index (χ4v) is 2.13. The maximum atomic E-state index is 10.5. The summed E-state index contributed by atoms with van der Waals surface area (Å²) in [6.45, 7) is 4.73. The van der Waals surface area contributed by atoms with Gasteiger partial charge in [0.05, 0.1) is 24.2 Å². The normalized spacial score (nSPS) is 11.1. The van der Waals surface area contributed by atoms with Crippen molar-refractivity contribution in [3.05, 3.63) is 30.1 Å². The second-order valence-corrected chi connectivity index (χ2v) is 4.46. The largest absolute Gasteiger partial charge is 0.370 e. The van der Waals surface area contributed by atoms with Gasteiger partial charge in [0.25, 0.3) is 0 Å². The first-order valence-electron chi connectivity index (χ1n) is 6.73. The number of nitrogens with two attached hydrogens (primary N) is 1. The number of benzene rings is 1. The molecule has 6 heteroatoms. The van der Waals surface area contributed by atoms with E-state index in [-0.39, 0.29) is 6.61 Å². The number of hydrogen-bond donors (Lipinski definition) is 2. The lowest BCUT2D eigenvalue weighted by atomic mass is 10.3. The lowest BCUT2D eigenvalue weighted by molar-refractivity contribution is -0.122. The number of fused-ring (bicyclic) bond motifs is 1. The number of primary amides is 1. The average molecular weight is 276 g/mol. The number of imidazole rings is 1. The van der Waals surface area contributed by atoms with Crippen molar-refractivity contribution in [1.82, 2.24) is 14.9 Å². The van der Waals surface area contributed by atoms with E-state index in [1.54, 1.807) is 0 Å². The first-order valence-corrected chi connectivity index (χ1v) is 6.73. The van der Waals surface area contributed by atoms with Crippen molar-refractivity contribution < 1.29 is 9.53 Å². The zero-order chi connectivity index (χ0) is 14.4. The van der Waals surface area contributed by atoms with E-state index in [0.29, 0.717) is 19.7 Å². The lowest BCUT2D eigenvalue weighted by Crippen LogP contribution is -2.24. The molecule has 6 nitrogen and oxygen atoms in total. The Balaban J connectivity index is 1.88. The number of carbonyl (C=O) groups excluding carboxylic acids is 1. The van der Waals surface area contributed by atoms with Crippen molar-refractivity contribution in [3.63, 3.8) is 0 Å². The molecule has 2 rings (SSSR count). The summed E-state index contributed by atoms with van der Waals surface area (Å²) in [5.41, 5.74) is 7.14. The number of hydrogen-bond acceptors (Lipinski definition) is 4. The summed E-state index contributed by atoms with van der Waals surface area (Å²) >= 11 is 0. The van der Waals surface area contributed by atoms with E-state index in [9.17, 15) is 4.79 Å². The van der Waals surface area contributed by atoms with Crippen LogP contribution in [-0.2, 0) is 22.6 Å². The molecule has 0 spiro atoms. The van der Waals surface area contributed by atoms with Crippen molar-refractivity contribution in [2.24, 2.45) is 5.73 Å². The highest BCUT2D eigenvalue weighted by Crippen LogP contribution is 2.15. The highest BCUT2D eigenvalue weighted by Gasteiger charge is 2.07. The van der Waals surface area contributed by atoms with E-state index >= 15 is 0 Å². The molecule has 1 aromatic carbocycles. The molecule has 1 heterocycles. The second kappa shape index (κ2) is 7.02.